The van der Waals surface area contributed by atoms with Gasteiger partial charge >= 0.3 is 91.7 Å². The van der Waals surface area contributed by atoms with Gasteiger partial charge in [-0.1, -0.05) is 0 Å². The Kier molecular flexibility index (Phi) is 6.30. The van der Waals surface area contributed by atoms with Crippen LogP contribution in [0.1, 0.15) is 41.5 Å². The van der Waals surface area contributed by atoms with E-state index in [1.165, 1.54) is 18.5 Å². The van der Waals surface area contributed by atoms with Crippen molar-refractivity contribution < 1.29 is 0 Å². The van der Waals surface area contributed by atoms with Gasteiger partial charge in [0.15, 0.2) is 0 Å². The summed E-state index contributed by atoms with van der Waals surface area (Å²) in [6.45, 7) is 16.9. The molecule has 0 radical (unpaired) electrons. The molecule has 0 aliphatic heterocycles. The van der Waals surface area contributed by atoms with Crippen LogP contribution in [0.5, 0.6) is 0 Å². The third-order valence-corrected chi connectivity index (χ3v) is 8.11. The van der Waals surface area contributed by atoms with Crippen LogP contribution in [0.3, 0.4) is 0 Å². The topological polar surface area (TPSA) is 0 Å². The molecule has 0 unspecified atom stereocenters. The van der Waals surface area contributed by atoms with E-state index in [1.807, 2.05) is 0 Å². The molecule has 0 N–H and O–H groups in total. The molecule has 0 amide bonds. The van der Waals surface area contributed by atoms with E-state index in [1.54, 1.807) is 0 Å². The van der Waals surface area contributed by atoms with E-state index in [9.17, 15) is 0 Å². The molecule has 0 saturated carbocycles. The van der Waals surface area contributed by atoms with E-state index in [0.29, 0.717) is 0 Å². The molecule has 88 valence electrons. The van der Waals surface area contributed by atoms with Crippen molar-refractivity contribution in [1.82, 2.24) is 0 Å². The maximum absolute atomic E-state index is 2.62. The summed E-state index contributed by atoms with van der Waals surface area (Å²) in [6.07, 6.45) is 4.55. The second-order valence-electron chi connectivity index (χ2n) is 6.60. The molecule has 0 aliphatic carbocycles. The van der Waals surface area contributed by atoms with E-state index in [4.69, 9.17) is 0 Å². The zero-order valence-corrected chi connectivity index (χ0v) is 12.4. The van der Waals surface area contributed by atoms with E-state index >= 15 is 0 Å². The average molecular weight is 218 g/mol. The van der Waals surface area contributed by atoms with Crippen LogP contribution in [0, 0.1) is 17.8 Å². The molecular weight excluding hydrogens is 187 g/mol. The zero-order chi connectivity index (χ0) is 11.4. The second kappa shape index (κ2) is 6.11. The second-order valence-corrected chi connectivity index (χ2v) is 11.5. The van der Waals surface area contributed by atoms with Crippen LogP contribution in [-0.2, 0) is 0 Å². The molecule has 0 bridgehead atoms. The van der Waals surface area contributed by atoms with Gasteiger partial charge in [0.25, 0.3) is 0 Å². The molecule has 0 heterocycles. The minimum absolute atomic E-state index is 0.893. The average Bonchev–Trinajstić information content (AvgIpc) is 1.76. The van der Waals surface area contributed by atoms with Crippen molar-refractivity contribution in [2.45, 2.75) is 41.5 Å². The Bertz CT molecular complexity index is 121. The zero-order valence-electron chi connectivity index (χ0n) is 11.4. The van der Waals surface area contributed by atoms with Gasteiger partial charge in [-0.15, -0.1) is 0 Å². The van der Waals surface area contributed by atoms with Gasteiger partial charge in [0, 0.05) is 0 Å². The van der Waals surface area contributed by atoms with E-state index in [2.05, 4.69) is 48.2 Å². The molecule has 14 heavy (non-hydrogen) atoms. The van der Waals surface area contributed by atoms with Gasteiger partial charge in [-0.3, -0.25) is 0 Å². The quantitative estimate of drug-likeness (QED) is 0.582. The molecule has 0 aliphatic rings. The van der Waals surface area contributed by atoms with Crippen molar-refractivity contribution in [2.75, 3.05) is 25.2 Å². The molecule has 0 aromatic carbocycles. The monoisotopic (exact) mass is 218 g/mol. The van der Waals surface area contributed by atoms with Crippen LogP contribution in [-0.4, -0.2) is 25.2 Å². The van der Waals surface area contributed by atoms with Gasteiger partial charge < -0.3 is 0 Å². The summed E-state index contributed by atoms with van der Waals surface area (Å²) < 4.78 is 0. The SMILES string of the molecule is CC(C)C[PH](C)(CC(C)C)CC(C)C. The van der Waals surface area contributed by atoms with E-state index < -0.39 is 7.26 Å². The van der Waals surface area contributed by atoms with Crippen molar-refractivity contribution in [3.8, 4) is 0 Å². The maximum atomic E-state index is 2.62. The summed E-state index contributed by atoms with van der Waals surface area (Å²) in [6, 6.07) is 0. The third kappa shape index (κ3) is 6.82. The van der Waals surface area contributed by atoms with Gasteiger partial charge in [-0.05, 0) is 0 Å². The molecule has 0 atom stereocenters. The predicted molar refractivity (Wildman–Crippen MR) is 73.4 cm³/mol. The first-order chi connectivity index (χ1) is 6.25. The van der Waals surface area contributed by atoms with Crippen molar-refractivity contribution in [1.29, 1.82) is 0 Å². The first-order valence-corrected chi connectivity index (χ1v) is 9.37. The molecule has 0 nitrogen and oxygen atoms in total. The van der Waals surface area contributed by atoms with Crippen LogP contribution >= 0.6 is 7.26 Å². The number of hydrogen-bond donors (Lipinski definition) is 0. The molecule has 0 rings (SSSR count). The fourth-order valence-corrected chi connectivity index (χ4v) is 9.62. The standard InChI is InChI=1S/C13H31P/c1-11(2)8-14(7,9-12(3)4)10-13(5)6/h11-14H,8-10H2,1-7H3. The van der Waals surface area contributed by atoms with Crippen LogP contribution in [0.4, 0.5) is 0 Å². The number of rotatable bonds is 6. The Morgan fingerprint density at radius 2 is 0.857 bits per heavy atom. The fraction of sp³-hybridized carbons (Fsp3) is 1.00. The number of hydrogen-bond acceptors (Lipinski definition) is 0. The molecular formula is C13H31P. The van der Waals surface area contributed by atoms with Gasteiger partial charge in [-0.2, -0.15) is 0 Å². The Balaban J connectivity index is 4.32. The molecule has 0 fully saturated rings. The minimum atomic E-state index is -0.939. The summed E-state index contributed by atoms with van der Waals surface area (Å²) in [7, 11) is -0.939. The fourth-order valence-electron chi connectivity index (χ4n) is 3.21. The summed E-state index contributed by atoms with van der Waals surface area (Å²) in [5, 5.41) is 0. The Morgan fingerprint density at radius 3 is 1.00 bits per heavy atom. The van der Waals surface area contributed by atoms with Crippen LogP contribution in [0.2, 0.25) is 0 Å². The molecule has 0 aromatic heterocycles. The summed E-state index contributed by atoms with van der Waals surface area (Å²) in [4.78, 5) is 0. The van der Waals surface area contributed by atoms with Crippen molar-refractivity contribution >= 4 is 7.26 Å². The molecule has 1 heteroatoms. The summed E-state index contributed by atoms with van der Waals surface area (Å²) in [5.74, 6) is 2.68. The molecule has 0 spiro atoms. The summed E-state index contributed by atoms with van der Waals surface area (Å²) in [5.41, 5.74) is 0. The first-order valence-electron chi connectivity index (χ1n) is 6.25. The summed E-state index contributed by atoms with van der Waals surface area (Å²) >= 11 is 0. The molecule has 0 saturated heterocycles. The van der Waals surface area contributed by atoms with Crippen LogP contribution in [0.15, 0.2) is 0 Å². The van der Waals surface area contributed by atoms with Gasteiger partial charge in [0.05, 0.1) is 0 Å². The van der Waals surface area contributed by atoms with E-state index in [-0.39, 0.29) is 0 Å². The van der Waals surface area contributed by atoms with Crippen LogP contribution < -0.4 is 0 Å². The Hall–Kier alpha value is 0.430. The normalized spacial score (nSPS) is 14.4. The third-order valence-electron chi connectivity index (χ3n) is 2.70. The van der Waals surface area contributed by atoms with E-state index in [0.717, 1.165) is 17.8 Å². The van der Waals surface area contributed by atoms with Crippen LogP contribution in [0.25, 0.3) is 0 Å². The molecule has 0 aromatic rings. The van der Waals surface area contributed by atoms with Crippen molar-refractivity contribution in [2.24, 2.45) is 17.8 Å². The Morgan fingerprint density at radius 1 is 0.643 bits per heavy atom. The van der Waals surface area contributed by atoms with Gasteiger partial charge in [-0.25, -0.2) is 0 Å². The first kappa shape index (κ1) is 14.4. The Labute approximate surface area is 92.2 Å². The van der Waals surface area contributed by atoms with Gasteiger partial charge in [0.1, 0.15) is 0 Å². The van der Waals surface area contributed by atoms with Gasteiger partial charge in [0.2, 0.25) is 0 Å². The van der Waals surface area contributed by atoms with Crippen molar-refractivity contribution in [3.05, 3.63) is 0 Å². The predicted octanol–water partition coefficient (Wildman–Crippen LogP) is 4.33. The van der Waals surface area contributed by atoms with Crippen molar-refractivity contribution in [3.63, 3.8) is 0 Å².